The number of nitrogens with zero attached hydrogens (tertiary/aromatic N) is 2. The molecule has 1 aromatic heterocycles. The maximum absolute atomic E-state index is 11.8. The van der Waals surface area contributed by atoms with Crippen LogP contribution in [0.2, 0.25) is 10.0 Å². The number of aromatic nitrogens is 2. The number of rotatable bonds is 6. The predicted molar refractivity (Wildman–Crippen MR) is 101 cm³/mol. The normalized spacial score (nSPS) is 12.0. The first-order chi connectivity index (χ1) is 12.5. The highest BCUT2D eigenvalue weighted by Crippen LogP contribution is 2.35. The zero-order valence-corrected chi connectivity index (χ0v) is 15.4. The van der Waals surface area contributed by atoms with Crippen LogP contribution < -0.4 is 4.74 Å². The summed E-state index contributed by atoms with van der Waals surface area (Å²) in [4.78, 5) is 11.8. The van der Waals surface area contributed by atoms with Crippen LogP contribution in [0.4, 0.5) is 0 Å². The van der Waals surface area contributed by atoms with Crippen LogP contribution in [-0.4, -0.2) is 20.9 Å². The first-order valence-corrected chi connectivity index (χ1v) is 8.72. The van der Waals surface area contributed by atoms with Crippen molar-refractivity contribution in [2.45, 2.75) is 19.6 Å². The van der Waals surface area contributed by atoms with E-state index in [1.807, 2.05) is 19.2 Å². The second-order valence-electron chi connectivity index (χ2n) is 5.59. The van der Waals surface area contributed by atoms with E-state index in [1.54, 1.807) is 47.1 Å². The second kappa shape index (κ2) is 7.81. The molecule has 1 atom stereocenters. The molecule has 0 radical (unpaired) electrons. The number of halogens is 2. The molecule has 1 heterocycles. The number of benzene rings is 2. The average Bonchev–Trinajstić information content (AvgIpc) is 3.09. The number of ether oxygens (including phenoxy) is 1. The second-order valence-corrected chi connectivity index (χ2v) is 6.46. The van der Waals surface area contributed by atoms with Crippen LogP contribution in [0, 0.1) is 0 Å². The van der Waals surface area contributed by atoms with Gasteiger partial charge in [0.25, 0.3) is 0 Å². The van der Waals surface area contributed by atoms with Gasteiger partial charge in [-0.25, -0.2) is 4.79 Å². The Morgan fingerprint density at radius 2 is 1.96 bits per heavy atom. The van der Waals surface area contributed by atoms with E-state index in [2.05, 4.69) is 5.10 Å². The lowest BCUT2D eigenvalue weighted by molar-refractivity contribution is -0.145. The number of hydrogen-bond acceptors (Lipinski definition) is 3. The van der Waals surface area contributed by atoms with Gasteiger partial charge >= 0.3 is 5.97 Å². The van der Waals surface area contributed by atoms with E-state index in [-0.39, 0.29) is 0 Å². The summed E-state index contributed by atoms with van der Waals surface area (Å²) in [6.07, 6.45) is 0.632. The first-order valence-electron chi connectivity index (χ1n) is 7.96. The van der Waals surface area contributed by atoms with Crippen LogP contribution in [0.5, 0.6) is 5.75 Å². The molecule has 0 fully saturated rings. The fourth-order valence-electron chi connectivity index (χ4n) is 2.54. The molecule has 0 amide bonds. The van der Waals surface area contributed by atoms with Gasteiger partial charge in [-0.3, -0.25) is 4.68 Å². The lowest BCUT2D eigenvalue weighted by Gasteiger charge is -2.18. The minimum atomic E-state index is -1.21. The molecule has 0 aliphatic rings. The van der Waals surface area contributed by atoms with Crippen molar-refractivity contribution < 1.29 is 14.6 Å². The smallest absolute Gasteiger partial charge is 0.349 e. The van der Waals surface area contributed by atoms with Gasteiger partial charge in [0.15, 0.2) is 0 Å². The molecule has 2 aromatic carbocycles. The molecule has 0 spiro atoms. The molecule has 1 unspecified atom stereocenters. The van der Waals surface area contributed by atoms with Gasteiger partial charge in [-0.2, -0.15) is 5.10 Å². The average molecular weight is 391 g/mol. The van der Waals surface area contributed by atoms with Gasteiger partial charge in [-0.05, 0) is 43.3 Å². The highest BCUT2D eigenvalue weighted by Gasteiger charge is 2.24. The monoisotopic (exact) mass is 390 g/mol. The summed E-state index contributed by atoms with van der Waals surface area (Å²) in [5.41, 5.74) is 1.72. The SMILES string of the molecule is CCn1ccc(-c2cc(Cl)ccc2OC(C(=O)O)c2cccc(Cl)c2)n1. The van der Waals surface area contributed by atoms with E-state index in [1.165, 1.54) is 0 Å². The number of aliphatic carboxylic acids is 1. The van der Waals surface area contributed by atoms with Crippen LogP contribution in [0.3, 0.4) is 0 Å². The number of carboxylic acid groups (broad SMARTS) is 1. The zero-order valence-electron chi connectivity index (χ0n) is 13.9. The molecule has 5 nitrogen and oxygen atoms in total. The van der Waals surface area contributed by atoms with Gasteiger partial charge in [0.05, 0.1) is 5.69 Å². The molecule has 134 valence electrons. The van der Waals surface area contributed by atoms with Crippen molar-refractivity contribution in [1.82, 2.24) is 9.78 Å². The fraction of sp³-hybridized carbons (Fsp3) is 0.158. The standard InChI is InChI=1S/C19H16Cl2N2O3/c1-2-23-9-8-16(22-23)15-11-14(21)6-7-17(15)26-18(19(24)25)12-4-3-5-13(20)10-12/h3-11,18H,2H2,1H3,(H,24,25). The van der Waals surface area contributed by atoms with Gasteiger partial charge < -0.3 is 9.84 Å². The number of carbonyl (C=O) groups is 1. The van der Waals surface area contributed by atoms with Crippen LogP contribution in [0.1, 0.15) is 18.6 Å². The Morgan fingerprint density at radius 1 is 1.19 bits per heavy atom. The third-order valence-electron chi connectivity index (χ3n) is 3.80. The van der Waals surface area contributed by atoms with Gasteiger partial charge in [0.1, 0.15) is 5.75 Å². The molecule has 0 aliphatic heterocycles. The van der Waals surface area contributed by atoms with Crippen LogP contribution in [0.15, 0.2) is 54.7 Å². The van der Waals surface area contributed by atoms with Gasteiger partial charge in [0.2, 0.25) is 6.10 Å². The number of hydrogen-bond donors (Lipinski definition) is 1. The highest BCUT2D eigenvalue weighted by molar-refractivity contribution is 6.31. The molecule has 7 heteroatoms. The van der Waals surface area contributed by atoms with E-state index < -0.39 is 12.1 Å². The largest absolute Gasteiger partial charge is 0.478 e. The Hall–Kier alpha value is -2.50. The van der Waals surface area contributed by atoms with Gasteiger partial charge in [-0.15, -0.1) is 0 Å². The van der Waals surface area contributed by atoms with Gasteiger partial charge in [-0.1, -0.05) is 35.3 Å². The lowest BCUT2D eigenvalue weighted by Crippen LogP contribution is -2.18. The van der Waals surface area contributed by atoms with Crippen LogP contribution in [-0.2, 0) is 11.3 Å². The van der Waals surface area contributed by atoms with E-state index in [4.69, 9.17) is 27.9 Å². The summed E-state index contributed by atoms with van der Waals surface area (Å²) in [6.45, 7) is 2.70. The summed E-state index contributed by atoms with van der Waals surface area (Å²) in [5, 5.41) is 15.0. The Morgan fingerprint density at radius 3 is 2.62 bits per heavy atom. The van der Waals surface area contributed by atoms with Crippen molar-refractivity contribution in [2.75, 3.05) is 0 Å². The highest BCUT2D eigenvalue weighted by atomic mass is 35.5. The van der Waals surface area contributed by atoms with E-state index in [0.29, 0.717) is 32.6 Å². The summed E-state index contributed by atoms with van der Waals surface area (Å²) in [7, 11) is 0. The maximum Gasteiger partial charge on any atom is 0.349 e. The van der Waals surface area contributed by atoms with Crippen molar-refractivity contribution in [1.29, 1.82) is 0 Å². The molecule has 0 aliphatic carbocycles. The third kappa shape index (κ3) is 4.00. The molecule has 3 rings (SSSR count). The first kappa shape index (κ1) is 18.3. The Labute approximate surface area is 160 Å². The quantitative estimate of drug-likeness (QED) is 0.636. The van der Waals surface area contributed by atoms with Crippen molar-refractivity contribution in [3.05, 3.63) is 70.3 Å². The summed E-state index contributed by atoms with van der Waals surface area (Å²) < 4.78 is 7.60. The maximum atomic E-state index is 11.8. The molecular formula is C19H16Cl2N2O3. The molecule has 0 saturated heterocycles. The number of carboxylic acids is 1. The van der Waals surface area contributed by atoms with E-state index >= 15 is 0 Å². The van der Waals surface area contributed by atoms with Crippen molar-refractivity contribution >= 4 is 29.2 Å². The minimum Gasteiger partial charge on any atom is -0.478 e. The van der Waals surface area contributed by atoms with Crippen molar-refractivity contribution in [3.63, 3.8) is 0 Å². The molecule has 26 heavy (non-hydrogen) atoms. The third-order valence-corrected chi connectivity index (χ3v) is 4.27. The van der Waals surface area contributed by atoms with Crippen molar-refractivity contribution in [3.8, 4) is 17.0 Å². The lowest BCUT2D eigenvalue weighted by atomic mass is 10.1. The molecule has 3 aromatic rings. The Kier molecular flexibility index (Phi) is 5.49. The topological polar surface area (TPSA) is 64.3 Å². The zero-order chi connectivity index (χ0) is 18.7. The molecule has 0 bridgehead atoms. The summed E-state index contributed by atoms with van der Waals surface area (Å²) >= 11 is 12.1. The number of aryl methyl sites for hydroxylation is 1. The van der Waals surface area contributed by atoms with E-state index in [9.17, 15) is 9.90 Å². The van der Waals surface area contributed by atoms with Crippen LogP contribution in [0.25, 0.3) is 11.3 Å². The molecule has 1 N–H and O–H groups in total. The fourth-order valence-corrected chi connectivity index (χ4v) is 2.92. The molecule has 0 saturated carbocycles. The minimum absolute atomic E-state index is 0.378. The molecular weight excluding hydrogens is 375 g/mol. The predicted octanol–water partition coefficient (Wildman–Crippen LogP) is 5.08. The Balaban J connectivity index is 2.01. The summed E-state index contributed by atoms with van der Waals surface area (Å²) in [6, 6.07) is 13.4. The van der Waals surface area contributed by atoms with Gasteiger partial charge in [0, 0.05) is 33.9 Å². The Bertz CT molecular complexity index is 940. The van der Waals surface area contributed by atoms with Crippen LogP contribution >= 0.6 is 23.2 Å². The van der Waals surface area contributed by atoms with E-state index in [0.717, 1.165) is 6.54 Å². The summed E-state index contributed by atoms with van der Waals surface area (Å²) in [5.74, 6) is -0.740. The van der Waals surface area contributed by atoms with Crippen molar-refractivity contribution in [2.24, 2.45) is 0 Å².